The number of amides is 2. The summed E-state index contributed by atoms with van der Waals surface area (Å²) in [5.41, 5.74) is 0. The van der Waals surface area contributed by atoms with Gasteiger partial charge in [0.2, 0.25) is 11.8 Å². The summed E-state index contributed by atoms with van der Waals surface area (Å²) in [6, 6.07) is 0.928. The molecule has 3 aliphatic rings. The van der Waals surface area contributed by atoms with Crippen LogP contribution in [0.25, 0.3) is 0 Å². The molecule has 2 atom stereocenters. The summed E-state index contributed by atoms with van der Waals surface area (Å²) in [6.45, 7) is 0.940. The first-order valence-corrected chi connectivity index (χ1v) is 10.7. The maximum absolute atomic E-state index is 12.7. The van der Waals surface area contributed by atoms with Crippen LogP contribution in [-0.2, 0) is 9.59 Å². The minimum Gasteiger partial charge on any atom is -0.343 e. The van der Waals surface area contributed by atoms with E-state index in [4.69, 9.17) is 0 Å². The Morgan fingerprint density at radius 1 is 0.880 bits per heavy atom. The lowest BCUT2D eigenvalue weighted by molar-refractivity contribution is -0.138. The van der Waals surface area contributed by atoms with Crippen molar-refractivity contribution in [3.63, 3.8) is 0 Å². The van der Waals surface area contributed by atoms with Gasteiger partial charge in [0.1, 0.15) is 0 Å². The molecule has 1 heterocycles. The minimum atomic E-state index is 0.230. The molecule has 2 aliphatic carbocycles. The predicted molar refractivity (Wildman–Crippen MR) is 100 cm³/mol. The van der Waals surface area contributed by atoms with Crippen LogP contribution in [0.4, 0.5) is 0 Å². The number of hydrogen-bond donors (Lipinski definition) is 0. The van der Waals surface area contributed by atoms with E-state index >= 15 is 0 Å². The van der Waals surface area contributed by atoms with Gasteiger partial charge in [-0.3, -0.25) is 9.59 Å². The third-order valence-corrected chi connectivity index (χ3v) is 6.86. The Morgan fingerprint density at radius 3 is 2.36 bits per heavy atom. The molecule has 2 saturated carbocycles. The molecule has 1 saturated heterocycles. The fourth-order valence-corrected chi connectivity index (χ4v) is 5.32. The van der Waals surface area contributed by atoms with Crippen LogP contribution in [0.2, 0.25) is 0 Å². The number of hydrogen-bond acceptors (Lipinski definition) is 2. The number of piperidine rings is 1. The molecule has 1 aliphatic heterocycles. The molecule has 4 heteroatoms. The molecule has 3 rings (SSSR count). The Morgan fingerprint density at radius 2 is 1.56 bits per heavy atom. The van der Waals surface area contributed by atoms with E-state index in [1.165, 1.54) is 51.4 Å². The Labute approximate surface area is 153 Å². The monoisotopic (exact) mass is 348 g/mol. The summed E-state index contributed by atoms with van der Waals surface area (Å²) in [5.74, 6) is 1.27. The van der Waals surface area contributed by atoms with E-state index in [1.807, 2.05) is 11.9 Å². The molecule has 2 unspecified atom stereocenters. The van der Waals surface area contributed by atoms with Crippen LogP contribution < -0.4 is 0 Å². The maximum atomic E-state index is 12.7. The van der Waals surface area contributed by atoms with Crippen LogP contribution in [0.5, 0.6) is 0 Å². The Balaban J connectivity index is 1.41. The lowest BCUT2D eigenvalue weighted by Crippen LogP contribution is -2.49. The number of rotatable bonds is 5. The zero-order chi connectivity index (χ0) is 17.6. The molecular formula is C21H36N2O2. The first-order chi connectivity index (χ1) is 12.2. The first kappa shape index (κ1) is 18.7. The minimum absolute atomic E-state index is 0.230. The van der Waals surface area contributed by atoms with Gasteiger partial charge in [-0.15, -0.1) is 0 Å². The van der Waals surface area contributed by atoms with Crippen LogP contribution >= 0.6 is 0 Å². The molecule has 25 heavy (non-hydrogen) atoms. The number of carbonyl (C=O) groups excluding carboxylic acids is 2. The topological polar surface area (TPSA) is 40.6 Å². The normalized spacial score (nSPS) is 27.6. The average molecular weight is 349 g/mol. The van der Waals surface area contributed by atoms with Gasteiger partial charge in [-0.1, -0.05) is 32.1 Å². The SMILES string of the molecule is CN(C(=O)CCCC(=O)N1CCCC2CCCCC21)C1CCCCC1. The Hall–Kier alpha value is -1.06. The fraction of sp³-hybridized carbons (Fsp3) is 0.905. The number of fused-ring (bicyclic) bond motifs is 1. The van der Waals surface area contributed by atoms with Crippen molar-refractivity contribution in [2.45, 2.75) is 102 Å². The van der Waals surface area contributed by atoms with Crippen LogP contribution in [0.3, 0.4) is 0 Å². The van der Waals surface area contributed by atoms with E-state index in [0.29, 0.717) is 37.3 Å². The first-order valence-electron chi connectivity index (χ1n) is 10.7. The van der Waals surface area contributed by atoms with Crippen molar-refractivity contribution in [2.24, 2.45) is 5.92 Å². The van der Waals surface area contributed by atoms with Gasteiger partial charge in [0.25, 0.3) is 0 Å². The van der Waals surface area contributed by atoms with Crippen molar-refractivity contribution in [2.75, 3.05) is 13.6 Å². The molecule has 0 N–H and O–H groups in total. The van der Waals surface area contributed by atoms with Crippen molar-refractivity contribution in [3.8, 4) is 0 Å². The summed E-state index contributed by atoms with van der Waals surface area (Å²) in [5, 5.41) is 0. The second-order valence-electron chi connectivity index (χ2n) is 8.49. The van der Waals surface area contributed by atoms with E-state index in [0.717, 1.165) is 31.7 Å². The van der Waals surface area contributed by atoms with Crippen LogP contribution in [0.15, 0.2) is 0 Å². The van der Waals surface area contributed by atoms with E-state index in [-0.39, 0.29) is 5.91 Å². The highest BCUT2D eigenvalue weighted by atomic mass is 16.2. The van der Waals surface area contributed by atoms with E-state index in [2.05, 4.69) is 4.90 Å². The molecule has 4 nitrogen and oxygen atoms in total. The molecule has 0 aromatic rings. The number of nitrogens with zero attached hydrogens (tertiary/aromatic N) is 2. The Bertz CT molecular complexity index is 457. The zero-order valence-electron chi connectivity index (χ0n) is 16.0. The van der Waals surface area contributed by atoms with Gasteiger partial charge < -0.3 is 9.80 Å². The van der Waals surface area contributed by atoms with Gasteiger partial charge >= 0.3 is 0 Å². The maximum Gasteiger partial charge on any atom is 0.222 e. The van der Waals surface area contributed by atoms with Crippen LogP contribution in [0.1, 0.15) is 89.9 Å². The van der Waals surface area contributed by atoms with Gasteiger partial charge in [-0.2, -0.15) is 0 Å². The smallest absolute Gasteiger partial charge is 0.222 e. The third kappa shape index (κ3) is 4.77. The molecule has 3 fully saturated rings. The molecule has 0 aromatic carbocycles. The highest BCUT2D eigenvalue weighted by Gasteiger charge is 2.35. The predicted octanol–water partition coefficient (Wildman–Crippen LogP) is 4.13. The molecule has 2 amide bonds. The third-order valence-electron chi connectivity index (χ3n) is 6.86. The fourth-order valence-electron chi connectivity index (χ4n) is 5.32. The number of carbonyl (C=O) groups is 2. The van der Waals surface area contributed by atoms with Crippen molar-refractivity contribution < 1.29 is 9.59 Å². The van der Waals surface area contributed by atoms with Crippen molar-refractivity contribution in [1.29, 1.82) is 0 Å². The van der Waals surface area contributed by atoms with Gasteiger partial charge in [0.15, 0.2) is 0 Å². The summed E-state index contributed by atoms with van der Waals surface area (Å²) in [4.78, 5) is 29.3. The summed E-state index contributed by atoms with van der Waals surface area (Å²) < 4.78 is 0. The van der Waals surface area contributed by atoms with Crippen molar-refractivity contribution in [1.82, 2.24) is 9.80 Å². The molecule has 0 bridgehead atoms. The van der Waals surface area contributed by atoms with Crippen LogP contribution in [0, 0.1) is 5.92 Å². The molecule has 0 spiro atoms. The lowest BCUT2D eigenvalue weighted by Gasteiger charge is -2.44. The van der Waals surface area contributed by atoms with E-state index < -0.39 is 0 Å². The number of likely N-dealkylation sites (tertiary alicyclic amines) is 1. The average Bonchev–Trinajstić information content (AvgIpc) is 2.67. The largest absolute Gasteiger partial charge is 0.343 e. The van der Waals surface area contributed by atoms with Crippen molar-refractivity contribution in [3.05, 3.63) is 0 Å². The van der Waals surface area contributed by atoms with Gasteiger partial charge in [-0.25, -0.2) is 0 Å². The summed E-state index contributed by atoms with van der Waals surface area (Å²) in [7, 11) is 1.96. The zero-order valence-corrected chi connectivity index (χ0v) is 16.0. The standard InChI is InChI=1S/C21H36N2O2/c1-22(18-11-3-2-4-12-18)20(24)14-7-15-21(25)23-16-8-10-17-9-5-6-13-19(17)23/h17-19H,2-16H2,1H3. The summed E-state index contributed by atoms with van der Waals surface area (Å²) >= 11 is 0. The van der Waals surface area contributed by atoms with E-state index in [1.54, 1.807) is 0 Å². The van der Waals surface area contributed by atoms with Gasteiger partial charge in [0.05, 0.1) is 0 Å². The molecule has 0 aromatic heterocycles. The highest BCUT2D eigenvalue weighted by Crippen LogP contribution is 2.35. The van der Waals surface area contributed by atoms with Crippen molar-refractivity contribution >= 4 is 11.8 Å². The quantitative estimate of drug-likeness (QED) is 0.749. The Kier molecular flexibility index (Phi) is 6.77. The highest BCUT2D eigenvalue weighted by molar-refractivity contribution is 5.79. The van der Waals surface area contributed by atoms with Gasteiger partial charge in [0, 0.05) is 38.5 Å². The molecular weight excluding hydrogens is 312 g/mol. The molecule has 0 radical (unpaired) electrons. The van der Waals surface area contributed by atoms with Crippen LogP contribution in [-0.4, -0.2) is 47.3 Å². The van der Waals surface area contributed by atoms with E-state index in [9.17, 15) is 9.59 Å². The summed E-state index contributed by atoms with van der Waals surface area (Å²) in [6.07, 6.45) is 15.5. The van der Waals surface area contributed by atoms with Gasteiger partial charge in [-0.05, 0) is 50.9 Å². The molecule has 142 valence electrons. The second-order valence-corrected chi connectivity index (χ2v) is 8.49. The second kappa shape index (κ2) is 9.05. The lowest BCUT2D eigenvalue weighted by atomic mass is 9.78.